The summed E-state index contributed by atoms with van der Waals surface area (Å²) in [6.07, 6.45) is -16.6. The minimum Gasteiger partial charge on any atom is -0.433 e. The first-order valence-electron chi connectivity index (χ1n) is 25.9. The summed E-state index contributed by atoms with van der Waals surface area (Å²) in [5.41, 5.74) is 0.0591. The summed E-state index contributed by atoms with van der Waals surface area (Å²) in [5, 5.41) is 108. The maximum atomic E-state index is 14.5. The minimum atomic E-state index is -1.86. The van der Waals surface area contributed by atoms with E-state index >= 15 is 0 Å². The first-order chi connectivity index (χ1) is 33.3. The van der Waals surface area contributed by atoms with Crippen LogP contribution in [0.4, 0.5) is 0 Å². The summed E-state index contributed by atoms with van der Waals surface area (Å²) in [5.74, 6) is -0.563. The molecule has 0 aromatic rings. The Labute approximate surface area is 414 Å². The number of carbonyl (C=O) groups excluding carboxylic acids is 2. The molecule has 4 saturated heterocycles. The normalized spacial score (nSPS) is 55.1. The van der Waals surface area contributed by atoms with Crippen LogP contribution in [0.5, 0.6) is 0 Å². The summed E-state index contributed by atoms with van der Waals surface area (Å²) >= 11 is 0. The summed E-state index contributed by atoms with van der Waals surface area (Å²) < 4.78 is 46.2. The molecule has 4 aliphatic heterocycles. The fraction of sp³-hybridized carbons (Fsp3) is 0.922. The Morgan fingerprint density at radius 3 is 2.00 bits per heavy atom. The zero-order chi connectivity index (χ0) is 51.5. The molecule has 20 nitrogen and oxygen atoms in total. The van der Waals surface area contributed by atoms with Gasteiger partial charge >= 0.3 is 5.97 Å². The highest BCUT2D eigenvalue weighted by Gasteiger charge is 2.68. The number of fused-ring (bicyclic) bond motifs is 7. The number of aliphatic hydroxyl groups is 10. The number of aldehydes is 1. The van der Waals surface area contributed by atoms with E-state index in [0.717, 1.165) is 51.2 Å². The van der Waals surface area contributed by atoms with Crippen LogP contribution in [0, 0.1) is 56.7 Å². The molecule has 9 aliphatic rings. The Balaban J connectivity index is 0.849. The molecule has 0 amide bonds. The molecule has 27 atom stereocenters. The van der Waals surface area contributed by atoms with Gasteiger partial charge in [-0.05, 0) is 110 Å². The van der Waals surface area contributed by atoms with E-state index in [2.05, 4.69) is 40.7 Å². The van der Waals surface area contributed by atoms with E-state index in [1.54, 1.807) is 0 Å². The average Bonchev–Trinajstić information content (AvgIpc) is 3.32. The second-order valence-corrected chi connectivity index (χ2v) is 24.5. The molecule has 0 bridgehead atoms. The van der Waals surface area contributed by atoms with E-state index < -0.39 is 148 Å². The summed E-state index contributed by atoms with van der Waals surface area (Å²) in [7, 11) is 0. The van der Waals surface area contributed by atoms with E-state index in [9.17, 15) is 60.7 Å². The molecule has 8 fully saturated rings. The topological polar surface area (TPSA) is 310 Å². The largest absolute Gasteiger partial charge is 0.433 e. The highest BCUT2D eigenvalue weighted by atomic mass is 16.8. The fourth-order valence-electron chi connectivity index (χ4n) is 15.6. The van der Waals surface area contributed by atoms with Crippen LogP contribution in [0.3, 0.4) is 0 Å². The maximum Gasteiger partial charge on any atom is 0.311 e. The van der Waals surface area contributed by atoms with Crippen LogP contribution in [0.2, 0.25) is 0 Å². The van der Waals surface area contributed by atoms with E-state index in [1.807, 2.05) is 6.92 Å². The summed E-state index contributed by atoms with van der Waals surface area (Å²) in [6.45, 7) is 13.7. The zero-order valence-corrected chi connectivity index (χ0v) is 42.0. The van der Waals surface area contributed by atoms with Crippen molar-refractivity contribution in [3.8, 4) is 0 Å². The van der Waals surface area contributed by atoms with Gasteiger partial charge in [0.2, 0.25) is 6.29 Å². The third-order valence-corrected chi connectivity index (χ3v) is 19.9. The fourth-order valence-corrected chi connectivity index (χ4v) is 15.6. The Bertz CT molecular complexity index is 1970. The third kappa shape index (κ3) is 9.00. The molecule has 0 radical (unpaired) electrons. The van der Waals surface area contributed by atoms with Crippen LogP contribution in [-0.2, 0) is 47.5 Å². The van der Waals surface area contributed by atoms with Gasteiger partial charge in [-0.1, -0.05) is 53.2 Å². The van der Waals surface area contributed by atoms with Crippen LogP contribution in [-0.4, -0.2) is 194 Å². The number of allylic oxidation sites excluding steroid dienone is 2. The van der Waals surface area contributed by atoms with Crippen molar-refractivity contribution in [3.05, 3.63) is 11.6 Å². The van der Waals surface area contributed by atoms with Gasteiger partial charge < -0.3 is 93.8 Å². The van der Waals surface area contributed by atoms with Gasteiger partial charge in [0.05, 0.1) is 43.4 Å². The first kappa shape index (κ1) is 54.0. The quantitative estimate of drug-likeness (QED) is 0.0822. The molecule has 20 heteroatoms. The Hall–Kier alpha value is -1.80. The van der Waals surface area contributed by atoms with Crippen LogP contribution in [0.15, 0.2) is 11.6 Å². The predicted molar refractivity (Wildman–Crippen MR) is 244 cm³/mol. The van der Waals surface area contributed by atoms with Gasteiger partial charge in [0.25, 0.3) is 0 Å². The summed E-state index contributed by atoms with van der Waals surface area (Å²) in [6, 6.07) is 0. The highest BCUT2D eigenvalue weighted by molar-refractivity contribution is 5.73. The molecular formula is C51H80O20. The van der Waals surface area contributed by atoms with Crippen molar-refractivity contribution < 1.29 is 98.5 Å². The Kier molecular flexibility index (Phi) is 14.9. The third-order valence-electron chi connectivity index (χ3n) is 19.9. The van der Waals surface area contributed by atoms with Crippen molar-refractivity contribution in [1.29, 1.82) is 0 Å². The molecule has 0 aromatic carbocycles. The number of aliphatic hydroxyl groups excluding tert-OH is 10. The van der Waals surface area contributed by atoms with Crippen molar-refractivity contribution in [2.45, 2.75) is 217 Å². The second-order valence-electron chi connectivity index (χ2n) is 24.5. The molecule has 4 saturated carbocycles. The van der Waals surface area contributed by atoms with Gasteiger partial charge in [-0.15, -0.1) is 0 Å². The van der Waals surface area contributed by atoms with E-state index in [-0.39, 0.29) is 39.4 Å². The lowest BCUT2D eigenvalue weighted by Gasteiger charge is -2.70. The predicted octanol–water partition coefficient (Wildman–Crippen LogP) is -0.0555. The molecular weight excluding hydrogens is 933 g/mol. The average molecular weight is 1010 g/mol. The molecule has 0 unspecified atom stereocenters. The summed E-state index contributed by atoms with van der Waals surface area (Å²) in [4.78, 5) is 27.2. The molecule has 404 valence electrons. The van der Waals surface area contributed by atoms with Crippen molar-refractivity contribution in [1.82, 2.24) is 0 Å². The lowest BCUT2D eigenvalue weighted by Crippen LogP contribution is -2.65. The number of hydrogen-bond acceptors (Lipinski definition) is 20. The van der Waals surface area contributed by atoms with E-state index in [1.165, 1.54) is 12.5 Å². The number of ether oxygens (including phenoxy) is 8. The number of carbonyl (C=O) groups is 2. The van der Waals surface area contributed by atoms with Crippen LogP contribution < -0.4 is 0 Å². The first-order valence-corrected chi connectivity index (χ1v) is 25.9. The monoisotopic (exact) mass is 1010 g/mol. The van der Waals surface area contributed by atoms with Crippen molar-refractivity contribution in [2.24, 2.45) is 56.7 Å². The maximum absolute atomic E-state index is 14.5. The molecule has 0 spiro atoms. The Morgan fingerprint density at radius 2 is 1.30 bits per heavy atom. The number of hydrogen-bond donors (Lipinski definition) is 10. The molecule has 9 rings (SSSR count). The minimum absolute atomic E-state index is 0.0302. The molecule has 0 aromatic heterocycles. The van der Waals surface area contributed by atoms with Crippen LogP contribution in [0.1, 0.15) is 106 Å². The van der Waals surface area contributed by atoms with Gasteiger partial charge in [-0.3, -0.25) is 4.79 Å². The molecule has 5 aliphatic carbocycles. The van der Waals surface area contributed by atoms with Gasteiger partial charge in [0, 0.05) is 0 Å². The van der Waals surface area contributed by atoms with Gasteiger partial charge in [0.1, 0.15) is 79.5 Å². The second kappa shape index (κ2) is 19.6. The van der Waals surface area contributed by atoms with Gasteiger partial charge in [-0.25, -0.2) is 0 Å². The van der Waals surface area contributed by atoms with Gasteiger partial charge in [0.15, 0.2) is 18.9 Å². The lowest BCUT2D eigenvalue weighted by atomic mass is 9.34. The van der Waals surface area contributed by atoms with Crippen LogP contribution >= 0.6 is 0 Å². The van der Waals surface area contributed by atoms with Crippen molar-refractivity contribution in [3.63, 3.8) is 0 Å². The lowest BCUT2D eigenvalue weighted by molar-refractivity contribution is -0.377. The van der Waals surface area contributed by atoms with Crippen molar-refractivity contribution >= 4 is 12.3 Å². The van der Waals surface area contributed by atoms with Crippen molar-refractivity contribution in [2.75, 3.05) is 19.8 Å². The molecule has 4 heterocycles. The standard InChI is InChI=1S/C51H80O20/c1-22-33(56)36(59)41(70-43-37(60)34(57)27(53)18-64-43)46(67-22)68-29-20-66-44(38(61)35(29)58)69-40-28(54)19-65-45(39(40)62)71-42(63)25-17-47(2,3)16-24-23(25)10-14-50(6)26(24)8-9-31-48(4)13-12-32(55)49(5,21-52)30(48)11-15-51(31,50)7/h8,21-25,27-41,43-46,53-62H,9-20H2,1-7H3/t22-,23+,24+,25+,27+,28+,29+,30+,31+,32-,33-,34-,35-,36+,37+,38+,39+,40-,41+,43-,44-,45-,46-,48-,49-,50+,51+/m0/s1. The molecule has 71 heavy (non-hydrogen) atoms. The van der Waals surface area contributed by atoms with E-state index in [0.29, 0.717) is 18.8 Å². The Morgan fingerprint density at radius 1 is 0.648 bits per heavy atom. The highest BCUT2D eigenvalue weighted by Crippen LogP contribution is 2.74. The smallest absolute Gasteiger partial charge is 0.311 e. The SMILES string of the molecule is C[C@@H]1O[C@@H](O[C@@H]2CO[C@@H](O[C@@H]3[C@@H](O)[C@H](OC(=O)[C@@H]4CC(C)(C)C[C@H]5C6=CC[C@@H]7[C@@]8(C)CC[C@H](O)[C@@](C)(C=O)[C@@H]8CC[C@@]7(C)[C@]6(C)CC[C@@H]45)OC[C@H]3O)[C@H](O)[C@H]2O)[C@H](O[C@@H]2OC[C@@H](O)[C@H](O)[C@H]2O)[C@H](O)[C@H]1O. The number of esters is 1. The van der Waals surface area contributed by atoms with E-state index in [4.69, 9.17) is 37.9 Å². The van der Waals surface area contributed by atoms with Gasteiger partial charge in [-0.2, -0.15) is 0 Å². The number of rotatable bonds is 9. The zero-order valence-electron chi connectivity index (χ0n) is 42.0. The van der Waals surface area contributed by atoms with Crippen LogP contribution in [0.25, 0.3) is 0 Å². The molecule has 10 N–H and O–H groups in total.